The smallest absolute Gasteiger partial charge is 0.243 e. The van der Waals surface area contributed by atoms with Gasteiger partial charge in [0.1, 0.15) is 6.04 Å². The monoisotopic (exact) mass is 387 g/mol. The molecule has 2 fully saturated rings. The number of rotatable bonds is 4. The first kappa shape index (κ1) is 18.9. The number of hydrogen-bond acceptors (Lipinski definition) is 4. The minimum absolute atomic E-state index is 0. The third-order valence-electron chi connectivity index (χ3n) is 3.58. The summed E-state index contributed by atoms with van der Waals surface area (Å²) < 4.78 is 0. The first-order chi connectivity index (χ1) is 9.40. The van der Waals surface area contributed by atoms with E-state index in [0.29, 0.717) is 18.6 Å². The molecule has 21 heavy (non-hydrogen) atoms. The number of carbonyl (C=O) groups is 2. The standard InChI is InChI=1S/C13H20N3O3S.Y/c1-7(5-8(2)17)15-12(18)10-6-20-11-4-3-9(14)13(19)16(10)11;/h7,9-11,14,17H,2-6H2,1H3,(H,15,18);/q-1;/t7-,9+,10?,11?;/m1./s1. The van der Waals surface area contributed by atoms with Gasteiger partial charge < -0.3 is 21.1 Å². The summed E-state index contributed by atoms with van der Waals surface area (Å²) >= 11 is 1.60. The van der Waals surface area contributed by atoms with E-state index >= 15 is 0 Å². The number of nitrogens with zero attached hydrogens (tertiary/aromatic N) is 1. The van der Waals surface area contributed by atoms with Crippen LogP contribution in [0.1, 0.15) is 26.2 Å². The average Bonchev–Trinajstić information content (AvgIpc) is 2.77. The fourth-order valence-electron chi connectivity index (χ4n) is 2.64. The minimum Gasteiger partial charge on any atom is -0.667 e. The Morgan fingerprint density at radius 3 is 2.90 bits per heavy atom. The summed E-state index contributed by atoms with van der Waals surface area (Å²) in [5, 5.41) is 11.9. The van der Waals surface area contributed by atoms with Gasteiger partial charge in [0.15, 0.2) is 0 Å². The first-order valence-corrected chi connectivity index (χ1v) is 7.77. The predicted molar refractivity (Wildman–Crippen MR) is 78.2 cm³/mol. The predicted octanol–water partition coefficient (Wildman–Crippen LogP) is 1.44. The molecule has 0 saturated carbocycles. The van der Waals surface area contributed by atoms with Crippen molar-refractivity contribution in [2.45, 2.75) is 49.7 Å². The van der Waals surface area contributed by atoms with E-state index in [-0.39, 0.29) is 61.7 Å². The van der Waals surface area contributed by atoms with Crippen LogP contribution in [0.4, 0.5) is 0 Å². The molecule has 115 valence electrons. The molecule has 0 aromatic heterocycles. The SMILES string of the molecule is C=C(O)C[C@@H](C)NC(=O)C1CSC2CC[C@H]([NH-])C(=O)N21.[Y]. The molecule has 2 aliphatic heterocycles. The number of nitrogens with one attached hydrogen (secondary N) is 2. The Labute approximate surface area is 154 Å². The Balaban J connectivity index is 0.00000220. The van der Waals surface area contributed by atoms with Gasteiger partial charge in [-0.3, -0.25) is 9.59 Å². The number of aliphatic hydroxyl groups is 1. The van der Waals surface area contributed by atoms with Gasteiger partial charge in [-0.1, -0.05) is 19.0 Å². The molecule has 4 atom stereocenters. The molecule has 2 rings (SSSR count). The van der Waals surface area contributed by atoms with Crippen LogP contribution >= 0.6 is 11.8 Å². The Hall–Kier alpha value is -0.106. The Morgan fingerprint density at radius 2 is 2.29 bits per heavy atom. The molecule has 8 heteroatoms. The molecule has 3 N–H and O–H groups in total. The summed E-state index contributed by atoms with van der Waals surface area (Å²) in [6.07, 6.45) is 1.64. The molecule has 0 aromatic rings. The van der Waals surface area contributed by atoms with Gasteiger partial charge >= 0.3 is 0 Å². The van der Waals surface area contributed by atoms with E-state index in [0.717, 1.165) is 6.42 Å². The van der Waals surface area contributed by atoms with E-state index in [9.17, 15) is 9.59 Å². The van der Waals surface area contributed by atoms with E-state index < -0.39 is 12.1 Å². The molecule has 0 spiro atoms. The number of piperidine rings is 1. The van der Waals surface area contributed by atoms with E-state index in [1.54, 1.807) is 23.6 Å². The molecule has 2 saturated heterocycles. The molecule has 0 aromatic carbocycles. The van der Waals surface area contributed by atoms with Gasteiger partial charge in [-0.2, -0.15) is 0 Å². The maximum Gasteiger partial charge on any atom is 0.243 e. The number of hydrogen-bond donors (Lipinski definition) is 2. The van der Waals surface area contributed by atoms with Gasteiger partial charge in [-0.25, -0.2) is 0 Å². The molecular weight excluding hydrogens is 367 g/mol. The van der Waals surface area contributed by atoms with Crippen LogP contribution in [-0.4, -0.2) is 51.1 Å². The van der Waals surface area contributed by atoms with Crippen molar-refractivity contribution in [1.29, 1.82) is 0 Å². The summed E-state index contributed by atoms with van der Waals surface area (Å²) in [5.41, 5.74) is 7.72. The fourth-order valence-corrected chi connectivity index (χ4v) is 4.07. The molecule has 2 unspecified atom stereocenters. The van der Waals surface area contributed by atoms with E-state index in [2.05, 4.69) is 11.9 Å². The van der Waals surface area contributed by atoms with Gasteiger partial charge in [0, 0.05) is 50.9 Å². The van der Waals surface area contributed by atoms with Crippen molar-refractivity contribution >= 4 is 23.6 Å². The molecule has 2 heterocycles. The van der Waals surface area contributed by atoms with Crippen LogP contribution < -0.4 is 5.32 Å². The number of aliphatic hydroxyl groups excluding tert-OH is 1. The molecule has 2 amide bonds. The molecule has 2 aliphatic rings. The van der Waals surface area contributed by atoms with Crippen molar-refractivity contribution in [2.24, 2.45) is 0 Å². The third-order valence-corrected chi connectivity index (χ3v) is 4.94. The Kier molecular flexibility index (Phi) is 7.17. The van der Waals surface area contributed by atoms with Crippen LogP contribution in [0.15, 0.2) is 12.3 Å². The van der Waals surface area contributed by atoms with Crippen LogP contribution in [0.25, 0.3) is 5.73 Å². The van der Waals surface area contributed by atoms with Crippen LogP contribution in [0, 0.1) is 0 Å². The minimum atomic E-state index is -0.741. The van der Waals surface area contributed by atoms with Crippen molar-refractivity contribution in [2.75, 3.05) is 5.75 Å². The summed E-state index contributed by atoms with van der Waals surface area (Å²) in [7, 11) is 0. The number of amides is 2. The van der Waals surface area contributed by atoms with Crippen LogP contribution in [0.2, 0.25) is 0 Å². The quantitative estimate of drug-likeness (QED) is 0.714. The van der Waals surface area contributed by atoms with Gasteiger partial charge in [-0.15, -0.1) is 11.8 Å². The fraction of sp³-hybridized carbons (Fsp3) is 0.692. The number of thioether (sulfide) groups is 1. The molecule has 0 aliphatic carbocycles. The zero-order valence-electron chi connectivity index (χ0n) is 12.0. The third kappa shape index (κ3) is 4.44. The molecular formula is C13H20N3O3SY-. The molecule has 6 nitrogen and oxygen atoms in total. The van der Waals surface area contributed by atoms with Crippen molar-refractivity contribution in [3.63, 3.8) is 0 Å². The van der Waals surface area contributed by atoms with Crippen LogP contribution in [0.3, 0.4) is 0 Å². The van der Waals surface area contributed by atoms with Crippen molar-refractivity contribution in [3.8, 4) is 0 Å². The zero-order chi connectivity index (χ0) is 14.9. The van der Waals surface area contributed by atoms with Gasteiger partial charge in [0.25, 0.3) is 0 Å². The zero-order valence-corrected chi connectivity index (χ0v) is 15.7. The number of carbonyl (C=O) groups excluding carboxylic acids is 2. The van der Waals surface area contributed by atoms with Crippen molar-refractivity contribution < 1.29 is 47.4 Å². The summed E-state index contributed by atoms with van der Waals surface area (Å²) in [6, 6.07) is -1.47. The molecule has 0 bridgehead atoms. The second-order valence-electron chi connectivity index (χ2n) is 5.36. The topological polar surface area (TPSA) is 93.4 Å². The summed E-state index contributed by atoms with van der Waals surface area (Å²) in [6.45, 7) is 5.18. The second-order valence-corrected chi connectivity index (χ2v) is 6.57. The van der Waals surface area contributed by atoms with Crippen molar-refractivity contribution in [1.82, 2.24) is 10.2 Å². The number of fused-ring (bicyclic) bond motifs is 1. The van der Waals surface area contributed by atoms with Crippen LogP contribution in [-0.2, 0) is 42.3 Å². The average molecular weight is 387 g/mol. The maximum atomic E-state index is 12.3. The molecule has 1 radical (unpaired) electrons. The summed E-state index contributed by atoms with van der Waals surface area (Å²) in [5.74, 6) is 0.139. The van der Waals surface area contributed by atoms with Gasteiger partial charge in [0.2, 0.25) is 11.8 Å². The normalized spacial score (nSPS) is 29.3. The van der Waals surface area contributed by atoms with E-state index in [1.807, 2.05) is 0 Å². The van der Waals surface area contributed by atoms with E-state index in [1.165, 1.54) is 0 Å². The Bertz CT molecular complexity index is 435. The second kappa shape index (κ2) is 7.95. The maximum absolute atomic E-state index is 12.3. The van der Waals surface area contributed by atoms with Crippen molar-refractivity contribution in [3.05, 3.63) is 18.1 Å². The Morgan fingerprint density at radius 1 is 1.62 bits per heavy atom. The van der Waals surface area contributed by atoms with Crippen LogP contribution in [0.5, 0.6) is 0 Å². The van der Waals surface area contributed by atoms with Gasteiger partial charge in [0.05, 0.1) is 11.1 Å². The first-order valence-electron chi connectivity index (χ1n) is 6.72. The van der Waals surface area contributed by atoms with E-state index in [4.69, 9.17) is 10.8 Å². The summed E-state index contributed by atoms with van der Waals surface area (Å²) in [4.78, 5) is 25.9. The van der Waals surface area contributed by atoms with Gasteiger partial charge in [-0.05, 0) is 13.3 Å². The largest absolute Gasteiger partial charge is 0.667 e.